The predicted molar refractivity (Wildman–Crippen MR) is 83.2 cm³/mol. The average Bonchev–Trinajstić information content (AvgIpc) is 2.84. The Hall–Kier alpha value is -1.31. The highest BCUT2D eigenvalue weighted by atomic mass is 79.9. The van der Waals surface area contributed by atoms with Crippen LogP contribution in [0.4, 0.5) is 0 Å². The molecule has 1 aromatic carbocycles. The average molecular weight is 393 g/mol. The van der Waals surface area contributed by atoms with E-state index in [0.717, 1.165) is 4.47 Å². The predicted octanol–water partition coefficient (Wildman–Crippen LogP) is 2.23. The van der Waals surface area contributed by atoms with Crippen LogP contribution in [0.2, 0.25) is 5.02 Å². The van der Waals surface area contributed by atoms with Gasteiger partial charge in [-0.1, -0.05) is 27.5 Å². The van der Waals surface area contributed by atoms with Gasteiger partial charge in [0, 0.05) is 11.1 Å². The number of halogens is 2. The molecule has 1 atom stereocenters. The van der Waals surface area contributed by atoms with Crippen molar-refractivity contribution in [2.24, 2.45) is 0 Å². The molecule has 0 saturated carbocycles. The van der Waals surface area contributed by atoms with Gasteiger partial charge in [0.25, 0.3) is 5.91 Å². The lowest BCUT2D eigenvalue weighted by molar-refractivity contribution is -0.139. The van der Waals surface area contributed by atoms with Gasteiger partial charge in [-0.05, 0) is 24.6 Å². The molecule has 120 valence electrons. The third kappa shape index (κ3) is 4.59. The molecular weight excluding hydrogens is 378 g/mol. The first-order chi connectivity index (χ1) is 10.4. The number of ether oxygens (including phenoxy) is 2. The molecule has 2 N–H and O–H groups in total. The summed E-state index contributed by atoms with van der Waals surface area (Å²) in [5.41, 5.74) is -0.865. The molecule has 1 amide bonds. The van der Waals surface area contributed by atoms with Crippen LogP contribution in [0.5, 0.6) is 5.75 Å². The Kier molecular flexibility index (Phi) is 5.66. The fourth-order valence-corrected chi connectivity index (χ4v) is 2.97. The molecule has 1 unspecified atom stereocenters. The molecule has 1 aliphatic rings. The van der Waals surface area contributed by atoms with E-state index in [1.165, 1.54) is 0 Å². The number of benzene rings is 1. The number of hydrogen-bond donors (Lipinski definition) is 2. The maximum atomic E-state index is 12.0. The SMILES string of the molecule is O=C(O)CC1(NC(=O)COc2ccc(Br)cc2Cl)CCOC1. The number of nitrogens with one attached hydrogen (secondary N) is 1. The standard InChI is InChI=1S/C14H15BrClNO5/c15-9-1-2-11(10(16)5-9)22-7-12(18)17-14(6-13(19)20)3-4-21-8-14/h1-2,5H,3-4,6-8H2,(H,17,18)(H,19,20). The Balaban J connectivity index is 1.92. The van der Waals surface area contributed by atoms with Crippen molar-refractivity contribution in [1.82, 2.24) is 5.32 Å². The van der Waals surface area contributed by atoms with E-state index in [-0.39, 0.29) is 19.6 Å². The lowest BCUT2D eigenvalue weighted by Gasteiger charge is -2.26. The summed E-state index contributed by atoms with van der Waals surface area (Å²) in [5, 5.41) is 12.0. The van der Waals surface area contributed by atoms with Crippen molar-refractivity contribution in [3.8, 4) is 5.75 Å². The number of hydrogen-bond acceptors (Lipinski definition) is 4. The van der Waals surface area contributed by atoms with Crippen molar-refractivity contribution in [1.29, 1.82) is 0 Å². The molecule has 1 aromatic rings. The molecule has 0 radical (unpaired) electrons. The minimum absolute atomic E-state index is 0.183. The molecule has 1 heterocycles. The van der Waals surface area contributed by atoms with Crippen LogP contribution in [0.25, 0.3) is 0 Å². The number of amides is 1. The minimum Gasteiger partial charge on any atom is -0.482 e. The molecule has 1 aliphatic heterocycles. The van der Waals surface area contributed by atoms with Crippen molar-refractivity contribution >= 4 is 39.4 Å². The molecule has 2 rings (SSSR count). The monoisotopic (exact) mass is 391 g/mol. The Morgan fingerprint density at radius 1 is 1.50 bits per heavy atom. The Labute approximate surface area is 140 Å². The van der Waals surface area contributed by atoms with E-state index in [4.69, 9.17) is 26.2 Å². The van der Waals surface area contributed by atoms with Gasteiger partial charge < -0.3 is 19.9 Å². The van der Waals surface area contributed by atoms with Gasteiger partial charge in [0.15, 0.2) is 6.61 Å². The molecular formula is C14H15BrClNO5. The summed E-state index contributed by atoms with van der Waals surface area (Å²) in [5.74, 6) is -1.01. The zero-order valence-corrected chi connectivity index (χ0v) is 13.9. The third-order valence-electron chi connectivity index (χ3n) is 3.25. The molecule has 22 heavy (non-hydrogen) atoms. The lowest BCUT2D eigenvalue weighted by atomic mass is 9.94. The van der Waals surface area contributed by atoms with Crippen LogP contribution in [0.1, 0.15) is 12.8 Å². The number of carbonyl (C=O) groups is 2. The number of carboxylic acids is 1. The topological polar surface area (TPSA) is 84.9 Å². The maximum Gasteiger partial charge on any atom is 0.305 e. The van der Waals surface area contributed by atoms with Crippen LogP contribution in [0.3, 0.4) is 0 Å². The van der Waals surface area contributed by atoms with Crippen molar-refractivity contribution in [3.63, 3.8) is 0 Å². The second kappa shape index (κ2) is 7.30. The number of carbonyl (C=O) groups excluding carboxylic acids is 1. The third-order valence-corrected chi connectivity index (χ3v) is 4.04. The summed E-state index contributed by atoms with van der Waals surface area (Å²) in [4.78, 5) is 22.9. The highest BCUT2D eigenvalue weighted by Crippen LogP contribution is 2.28. The van der Waals surface area contributed by atoms with Gasteiger partial charge in [-0.3, -0.25) is 9.59 Å². The normalized spacial score (nSPS) is 20.6. The number of carboxylic acid groups (broad SMARTS) is 1. The van der Waals surface area contributed by atoms with Gasteiger partial charge in [-0.2, -0.15) is 0 Å². The van der Waals surface area contributed by atoms with E-state index in [1.807, 2.05) is 0 Å². The first-order valence-electron chi connectivity index (χ1n) is 6.59. The number of aliphatic carboxylic acids is 1. The van der Waals surface area contributed by atoms with Crippen molar-refractivity contribution in [3.05, 3.63) is 27.7 Å². The van der Waals surface area contributed by atoms with E-state index in [9.17, 15) is 9.59 Å². The first kappa shape index (κ1) is 17.1. The molecule has 0 aliphatic carbocycles. The molecule has 0 aromatic heterocycles. The van der Waals surface area contributed by atoms with Crippen molar-refractivity contribution in [2.45, 2.75) is 18.4 Å². The summed E-state index contributed by atoms with van der Waals surface area (Å²) in [6, 6.07) is 5.05. The van der Waals surface area contributed by atoms with Crippen molar-refractivity contribution in [2.75, 3.05) is 19.8 Å². The van der Waals surface area contributed by atoms with Gasteiger partial charge in [0.1, 0.15) is 5.75 Å². The minimum atomic E-state index is -0.984. The molecule has 0 spiro atoms. The van der Waals surface area contributed by atoms with Gasteiger partial charge in [0.2, 0.25) is 0 Å². The van der Waals surface area contributed by atoms with Crippen LogP contribution in [-0.2, 0) is 14.3 Å². The van der Waals surface area contributed by atoms with Gasteiger partial charge in [-0.25, -0.2) is 0 Å². The van der Waals surface area contributed by atoms with Gasteiger partial charge >= 0.3 is 5.97 Å². The summed E-state index contributed by atoms with van der Waals surface area (Å²) in [6.07, 6.45) is 0.280. The van der Waals surface area contributed by atoms with Crippen LogP contribution in [0, 0.1) is 0 Å². The molecule has 8 heteroatoms. The highest BCUT2D eigenvalue weighted by molar-refractivity contribution is 9.10. The number of rotatable bonds is 6. The fourth-order valence-electron chi connectivity index (χ4n) is 2.25. The molecule has 1 saturated heterocycles. The second-order valence-electron chi connectivity index (χ2n) is 5.07. The summed E-state index contributed by atoms with van der Waals surface area (Å²) < 4.78 is 11.4. The maximum absolute atomic E-state index is 12.0. The first-order valence-corrected chi connectivity index (χ1v) is 7.76. The second-order valence-corrected chi connectivity index (χ2v) is 6.39. The molecule has 0 bridgehead atoms. The summed E-state index contributed by atoms with van der Waals surface area (Å²) in [6.45, 7) is 0.361. The van der Waals surface area contributed by atoms with E-state index in [2.05, 4.69) is 21.2 Å². The lowest BCUT2D eigenvalue weighted by Crippen LogP contribution is -2.51. The summed E-state index contributed by atoms with van der Waals surface area (Å²) in [7, 11) is 0. The molecule has 1 fully saturated rings. The van der Waals surface area contributed by atoms with Gasteiger partial charge in [0.05, 0.1) is 23.6 Å². The van der Waals surface area contributed by atoms with E-state index in [0.29, 0.717) is 23.8 Å². The van der Waals surface area contributed by atoms with Crippen LogP contribution in [0.15, 0.2) is 22.7 Å². The van der Waals surface area contributed by atoms with Gasteiger partial charge in [-0.15, -0.1) is 0 Å². The largest absolute Gasteiger partial charge is 0.482 e. The zero-order valence-electron chi connectivity index (χ0n) is 11.6. The van der Waals surface area contributed by atoms with Crippen LogP contribution < -0.4 is 10.1 Å². The zero-order chi connectivity index (χ0) is 16.2. The van der Waals surface area contributed by atoms with E-state index < -0.39 is 17.4 Å². The highest BCUT2D eigenvalue weighted by Gasteiger charge is 2.38. The molecule has 6 nitrogen and oxygen atoms in total. The fraction of sp³-hybridized carbons (Fsp3) is 0.429. The quantitative estimate of drug-likeness (QED) is 0.775. The van der Waals surface area contributed by atoms with E-state index >= 15 is 0 Å². The summed E-state index contributed by atoms with van der Waals surface area (Å²) >= 11 is 9.27. The smallest absolute Gasteiger partial charge is 0.305 e. The Morgan fingerprint density at radius 3 is 2.86 bits per heavy atom. The Bertz CT molecular complexity index is 574. The van der Waals surface area contributed by atoms with Crippen LogP contribution in [-0.4, -0.2) is 42.3 Å². The van der Waals surface area contributed by atoms with E-state index in [1.54, 1.807) is 18.2 Å². The van der Waals surface area contributed by atoms with Crippen LogP contribution >= 0.6 is 27.5 Å². The Morgan fingerprint density at radius 2 is 2.27 bits per heavy atom. The van der Waals surface area contributed by atoms with Crippen molar-refractivity contribution < 1.29 is 24.2 Å².